The Morgan fingerprint density at radius 3 is 2.26 bits per heavy atom. The molecule has 1 aliphatic rings. The summed E-state index contributed by atoms with van der Waals surface area (Å²) in [4.78, 5) is 34.0. The predicted molar refractivity (Wildman–Crippen MR) is 142 cm³/mol. The van der Waals surface area contributed by atoms with Crippen LogP contribution in [0.1, 0.15) is 25.0 Å². The number of benzene rings is 2. The predicted octanol–water partition coefficient (Wildman–Crippen LogP) is 4.10. The molecule has 4 aromatic rings. The summed E-state index contributed by atoms with van der Waals surface area (Å²) in [5, 5.41) is 4.44. The van der Waals surface area contributed by atoms with Crippen molar-refractivity contribution in [2.45, 2.75) is 20.4 Å². The average Bonchev–Trinajstić information content (AvgIpc) is 3.52. The van der Waals surface area contributed by atoms with Crippen molar-refractivity contribution in [2.75, 3.05) is 38.6 Å². The highest BCUT2D eigenvalue weighted by molar-refractivity contribution is 6.50. The van der Waals surface area contributed by atoms with Crippen LogP contribution in [0.15, 0.2) is 54.9 Å². The Kier molecular flexibility index (Phi) is 5.94. The molecule has 0 unspecified atom stereocenters. The van der Waals surface area contributed by atoms with Crippen molar-refractivity contribution >= 4 is 50.5 Å². The Labute approximate surface area is 205 Å². The van der Waals surface area contributed by atoms with Crippen LogP contribution in [0, 0.1) is 0 Å². The second-order valence-corrected chi connectivity index (χ2v) is 9.11. The third kappa shape index (κ3) is 3.82. The van der Waals surface area contributed by atoms with Gasteiger partial charge in [-0.25, -0.2) is 0 Å². The molecule has 5 rings (SSSR count). The Morgan fingerprint density at radius 2 is 1.54 bits per heavy atom. The zero-order valence-corrected chi connectivity index (χ0v) is 20.7. The fourth-order valence-corrected chi connectivity index (χ4v) is 5.11. The average molecular weight is 470 g/mol. The molecule has 2 amide bonds. The molecule has 180 valence electrons. The maximum atomic E-state index is 13.2. The van der Waals surface area contributed by atoms with E-state index < -0.39 is 0 Å². The van der Waals surface area contributed by atoms with Gasteiger partial charge in [0.05, 0.1) is 22.4 Å². The molecule has 0 spiro atoms. The van der Waals surface area contributed by atoms with Gasteiger partial charge in [0, 0.05) is 67.0 Å². The van der Waals surface area contributed by atoms with E-state index in [1.807, 2.05) is 62.9 Å². The summed E-state index contributed by atoms with van der Waals surface area (Å²) in [6.07, 6.45) is 3.87. The van der Waals surface area contributed by atoms with Gasteiger partial charge < -0.3 is 19.4 Å². The van der Waals surface area contributed by atoms with Gasteiger partial charge in [-0.15, -0.1) is 0 Å². The number of anilines is 1. The number of amides is 2. The quantitative estimate of drug-likeness (QED) is 0.381. The molecule has 0 atom stereocenters. The summed E-state index contributed by atoms with van der Waals surface area (Å²) in [5.41, 5.74) is 5.45. The normalized spacial score (nSPS) is 14.1. The van der Waals surface area contributed by atoms with Gasteiger partial charge in [0.25, 0.3) is 11.8 Å². The van der Waals surface area contributed by atoms with Crippen LogP contribution in [0.5, 0.6) is 0 Å². The molecule has 2 N–H and O–H groups in total. The van der Waals surface area contributed by atoms with Crippen LogP contribution >= 0.6 is 0 Å². The van der Waals surface area contributed by atoms with Crippen LogP contribution in [0.4, 0.5) is 5.69 Å². The van der Waals surface area contributed by atoms with Gasteiger partial charge >= 0.3 is 0 Å². The summed E-state index contributed by atoms with van der Waals surface area (Å²) in [6.45, 7) is 7.99. The molecule has 0 saturated heterocycles. The van der Waals surface area contributed by atoms with E-state index in [-0.39, 0.29) is 11.8 Å². The van der Waals surface area contributed by atoms with Crippen molar-refractivity contribution in [1.29, 1.82) is 0 Å². The Bertz CT molecular complexity index is 1470. The largest absolute Gasteiger partial charge is 0.376 e. The van der Waals surface area contributed by atoms with E-state index in [9.17, 15) is 9.59 Å². The number of nitrogens with one attached hydrogen (secondary N) is 2. The fourth-order valence-electron chi connectivity index (χ4n) is 5.11. The van der Waals surface area contributed by atoms with Crippen molar-refractivity contribution in [3.05, 3.63) is 66.0 Å². The summed E-state index contributed by atoms with van der Waals surface area (Å²) in [7, 11) is 4.05. The highest BCUT2D eigenvalue weighted by Crippen LogP contribution is 2.40. The number of carbonyl (C=O) groups is 2. The van der Waals surface area contributed by atoms with Crippen molar-refractivity contribution in [2.24, 2.45) is 0 Å². The lowest BCUT2D eigenvalue weighted by molar-refractivity contribution is -0.122. The summed E-state index contributed by atoms with van der Waals surface area (Å²) >= 11 is 0. The van der Waals surface area contributed by atoms with Gasteiger partial charge in [-0.1, -0.05) is 44.2 Å². The molecule has 0 aliphatic carbocycles. The standard InChI is InChI=1S/C28H31N5O2/c1-5-32(6-2)14-15-33-17-21(19-11-9-13-23(26(19)33)31(3)4)25-24(27(34)30-28(25)35)20-16-29-22-12-8-7-10-18(20)22/h7-13,16-17,29H,5-6,14-15H2,1-4H3,(H,30,34,35). The highest BCUT2D eigenvalue weighted by atomic mass is 16.2. The fraction of sp³-hybridized carbons (Fsp3) is 0.286. The first kappa shape index (κ1) is 22.9. The monoisotopic (exact) mass is 469 g/mol. The zero-order chi connectivity index (χ0) is 24.7. The van der Waals surface area contributed by atoms with Gasteiger partial charge in [0.2, 0.25) is 0 Å². The number of nitrogens with zero attached hydrogens (tertiary/aromatic N) is 3. The zero-order valence-electron chi connectivity index (χ0n) is 20.7. The Balaban J connectivity index is 1.75. The lowest BCUT2D eigenvalue weighted by Gasteiger charge is -2.20. The Hall–Kier alpha value is -3.84. The first-order valence-corrected chi connectivity index (χ1v) is 12.1. The number of fused-ring (bicyclic) bond motifs is 2. The van der Waals surface area contributed by atoms with E-state index in [2.05, 4.69) is 44.6 Å². The number of imide groups is 1. The van der Waals surface area contributed by atoms with Crippen LogP contribution in [-0.2, 0) is 16.1 Å². The Morgan fingerprint density at radius 1 is 0.857 bits per heavy atom. The van der Waals surface area contributed by atoms with Gasteiger partial charge in [-0.05, 0) is 25.2 Å². The first-order valence-electron chi connectivity index (χ1n) is 12.1. The van der Waals surface area contributed by atoms with Crippen molar-refractivity contribution in [3.8, 4) is 0 Å². The maximum Gasteiger partial charge on any atom is 0.259 e. The summed E-state index contributed by atoms with van der Waals surface area (Å²) in [6, 6.07) is 14.0. The van der Waals surface area contributed by atoms with E-state index in [4.69, 9.17) is 0 Å². The molecule has 7 heteroatoms. The number of hydrogen-bond donors (Lipinski definition) is 2. The minimum absolute atomic E-state index is 0.353. The maximum absolute atomic E-state index is 13.2. The molecule has 0 saturated carbocycles. The van der Waals surface area contributed by atoms with Crippen LogP contribution in [0.2, 0.25) is 0 Å². The molecule has 2 aromatic heterocycles. The second kappa shape index (κ2) is 9.07. The van der Waals surface area contributed by atoms with Crippen LogP contribution < -0.4 is 10.2 Å². The third-order valence-corrected chi connectivity index (χ3v) is 6.97. The number of likely N-dealkylation sites (N-methyl/N-ethyl adjacent to an activating group) is 1. The van der Waals surface area contributed by atoms with Crippen molar-refractivity contribution < 1.29 is 9.59 Å². The van der Waals surface area contributed by atoms with Gasteiger partial charge in [0.1, 0.15) is 0 Å². The van der Waals surface area contributed by atoms with Crippen molar-refractivity contribution in [1.82, 2.24) is 19.8 Å². The molecule has 1 aliphatic heterocycles. The lowest BCUT2D eigenvalue weighted by Crippen LogP contribution is -2.27. The molecular weight excluding hydrogens is 438 g/mol. The topological polar surface area (TPSA) is 73.4 Å². The number of hydrogen-bond acceptors (Lipinski definition) is 4. The van der Waals surface area contributed by atoms with Gasteiger partial charge in [-0.3, -0.25) is 14.9 Å². The number of rotatable bonds is 8. The molecule has 3 heterocycles. The number of carbonyl (C=O) groups excluding carboxylic acids is 2. The molecular formula is C28H31N5O2. The smallest absolute Gasteiger partial charge is 0.259 e. The molecule has 0 fully saturated rings. The molecule has 2 aromatic carbocycles. The molecule has 0 radical (unpaired) electrons. The van der Waals surface area contributed by atoms with E-state index >= 15 is 0 Å². The van der Waals surface area contributed by atoms with E-state index in [0.717, 1.165) is 64.8 Å². The van der Waals surface area contributed by atoms with Crippen LogP contribution in [-0.4, -0.2) is 60.0 Å². The minimum Gasteiger partial charge on any atom is -0.376 e. The van der Waals surface area contributed by atoms with E-state index in [1.165, 1.54) is 0 Å². The third-order valence-electron chi connectivity index (χ3n) is 6.97. The molecule has 0 bridgehead atoms. The number of para-hydroxylation sites is 2. The first-order chi connectivity index (χ1) is 16.9. The van der Waals surface area contributed by atoms with Gasteiger partial charge in [0.15, 0.2) is 0 Å². The summed E-state index contributed by atoms with van der Waals surface area (Å²) < 4.78 is 2.23. The van der Waals surface area contributed by atoms with Crippen LogP contribution in [0.3, 0.4) is 0 Å². The second-order valence-electron chi connectivity index (χ2n) is 9.11. The minimum atomic E-state index is -0.359. The number of aromatic amines is 1. The SMILES string of the molecule is CCN(CC)CCn1cc(C2=C(c3c[nH]c4ccccc34)C(=O)NC2=O)c2cccc(N(C)C)c21. The van der Waals surface area contributed by atoms with Gasteiger partial charge in [-0.2, -0.15) is 0 Å². The van der Waals surface area contributed by atoms with E-state index in [1.54, 1.807) is 0 Å². The van der Waals surface area contributed by atoms with E-state index in [0.29, 0.717) is 11.1 Å². The van der Waals surface area contributed by atoms with Crippen molar-refractivity contribution in [3.63, 3.8) is 0 Å². The molecule has 35 heavy (non-hydrogen) atoms. The number of aromatic nitrogens is 2. The highest BCUT2D eigenvalue weighted by Gasteiger charge is 2.35. The van der Waals surface area contributed by atoms with Crippen LogP contribution in [0.25, 0.3) is 33.0 Å². The molecule has 7 nitrogen and oxygen atoms in total. The summed E-state index contributed by atoms with van der Waals surface area (Å²) in [5.74, 6) is -0.712. The number of H-pyrrole nitrogens is 1. The lowest BCUT2D eigenvalue weighted by atomic mass is 9.95.